The Bertz CT molecular complexity index is 284. The lowest BCUT2D eigenvalue weighted by molar-refractivity contribution is -0.134. The molecule has 4 nitrogen and oxygen atoms in total. The summed E-state index contributed by atoms with van der Waals surface area (Å²) in [5.41, 5.74) is 0.210. The first-order valence-electron chi connectivity index (χ1n) is 6.71. The Morgan fingerprint density at radius 2 is 1.88 bits per heavy atom. The highest BCUT2D eigenvalue weighted by Gasteiger charge is 2.40. The number of amides is 1. The van der Waals surface area contributed by atoms with Crippen LogP contribution >= 0.6 is 0 Å². The molecule has 0 bridgehead atoms. The van der Waals surface area contributed by atoms with Gasteiger partial charge in [-0.1, -0.05) is 13.8 Å². The van der Waals surface area contributed by atoms with Gasteiger partial charge in [0.15, 0.2) is 0 Å². The molecule has 1 N–H and O–H groups in total. The van der Waals surface area contributed by atoms with Gasteiger partial charge in [-0.2, -0.15) is 0 Å². The number of nitrogens with zero attached hydrogens (tertiary/aromatic N) is 2. The van der Waals surface area contributed by atoms with Gasteiger partial charge in [-0.05, 0) is 11.8 Å². The summed E-state index contributed by atoms with van der Waals surface area (Å²) in [7, 11) is 0. The summed E-state index contributed by atoms with van der Waals surface area (Å²) in [5.74, 6) is 0.219. The highest BCUT2D eigenvalue weighted by molar-refractivity contribution is 5.73. The van der Waals surface area contributed by atoms with E-state index in [-0.39, 0.29) is 11.3 Å². The van der Waals surface area contributed by atoms with Crippen LogP contribution in [0.1, 0.15) is 27.2 Å². The molecule has 0 radical (unpaired) electrons. The van der Waals surface area contributed by atoms with E-state index in [4.69, 9.17) is 0 Å². The molecule has 2 heterocycles. The van der Waals surface area contributed by atoms with Crippen LogP contribution in [0.4, 0.5) is 0 Å². The minimum Gasteiger partial charge on any atom is -0.342 e. The first-order valence-corrected chi connectivity index (χ1v) is 6.71. The highest BCUT2D eigenvalue weighted by Crippen LogP contribution is 2.33. The first kappa shape index (κ1) is 12.8. The van der Waals surface area contributed by atoms with E-state index in [0.29, 0.717) is 6.04 Å². The summed E-state index contributed by atoms with van der Waals surface area (Å²) in [6.45, 7) is 12.6. The molecule has 0 aromatic carbocycles. The summed E-state index contributed by atoms with van der Waals surface area (Å²) in [4.78, 5) is 16.1. The van der Waals surface area contributed by atoms with E-state index in [1.165, 1.54) is 0 Å². The average Bonchev–Trinajstić information content (AvgIpc) is 2.28. The number of piperazine rings is 1. The number of hydrogen-bond donors (Lipinski definition) is 1. The number of rotatable bonds is 1. The van der Waals surface area contributed by atoms with Crippen LogP contribution in [0.15, 0.2) is 0 Å². The Hall–Kier alpha value is -0.610. The molecule has 1 amide bonds. The largest absolute Gasteiger partial charge is 0.342 e. The van der Waals surface area contributed by atoms with Crippen LogP contribution in [0.5, 0.6) is 0 Å². The van der Waals surface area contributed by atoms with E-state index in [1.54, 1.807) is 6.92 Å². The van der Waals surface area contributed by atoms with E-state index in [1.807, 2.05) is 4.90 Å². The number of carbonyl (C=O) groups excluding carboxylic acids is 1. The molecule has 2 rings (SSSR count). The second-order valence-electron chi connectivity index (χ2n) is 6.02. The molecule has 1 atom stereocenters. The predicted molar refractivity (Wildman–Crippen MR) is 68.9 cm³/mol. The number of carbonyl (C=O) groups is 1. The fourth-order valence-corrected chi connectivity index (χ4v) is 3.28. The number of piperidine rings is 1. The SMILES string of the molecule is CC(=O)N1CCC(N2CCNCC2)C(C)(C)C1. The Balaban J connectivity index is 2.01. The van der Waals surface area contributed by atoms with Gasteiger partial charge in [0.1, 0.15) is 0 Å². The van der Waals surface area contributed by atoms with E-state index < -0.39 is 0 Å². The van der Waals surface area contributed by atoms with Gasteiger partial charge in [0.25, 0.3) is 0 Å². The molecule has 2 fully saturated rings. The Morgan fingerprint density at radius 3 is 2.41 bits per heavy atom. The fraction of sp³-hybridized carbons (Fsp3) is 0.923. The maximum absolute atomic E-state index is 11.5. The molecular weight excluding hydrogens is 214 g/mol. The van der Waals surface area contributed by atoms with Gasteiger partial charge in [-0.15, -0.1) is 0 Å². The Labute approximate surface area is 104 Å². The second kappa shape index (κ2) is 4.94. The van der Waals surface area contributed by atoms with Crippen molar-refractivity contribution in [2.45, 2.75) is 33.2 Å². The molecule has 0 aromatic heterocycles. The van der Waals surface area contributed by atoms with Crippen molar-refractivity contribution in [3.8, 4) is 0 Å². The van der Waals surface area contributed by atoms with Crippen molar-refractivity contribution in [3.05, 3.63) is 0 Å². The van der Waals surface area contributed by atoms with Crippen LogP contribution in [0.2, 0.25) is 0 Å². The molecule has 4 heteroatoms. The lowest BCUT2D eigenvalue weighted by atomic mass is 9.78. The van der Waals surface area contributed by atoms with Crippen molar-refractivity contribution in [3.63, 3.8) is 0 Å². The zero-order chi connectivity index (χ0) is 12.5. The standard InChI is InChI=1S/C13H25N3O/c1-11(17)16-7-4-12(13(2,3)10-16)15-8-5-14-6-9-15/h12,14H,4-10H2,1-3H3. The zero-order valence-corrected chi connectivity index (χ0v) is 11.3. The summed E-state index contributed by atoms with van der Waals surface area (Å²) in [6.07, 6.45) is 1.12. The summed E-state index contributed by atoms with van der Waals surface area (Å²) in [5, 5.41) is 3.40. The number of hydrogen-bond acceptors (Lipinski definition) is 3. The van der Waals surface area contributed by atoms with E-state index in [0.717, 1.165) is 45.7 Å². The molecule has 2 aliphatic heterocycles. The summed E-state index contributed by atoms with van der Waals surface area (Å²) in [6, 6.07) is 0.625. The van der Waals surface area contributed by atoms with Crippen molar-refractivity contribution in [2.75, 3.05) is 39.3 Å². The van der Waals surface area contributed by atoms with Gasteiger partial charge >= 0.3 is 0 Å². The number of likely N-dealkylation sites (tertiary alicyclic amines) is 1. The molecule has 17 heavy (non-hydrogen) atoms. The maximum atomic E-state index is 11.5. The molecule has 0 aromatic rings. The van der Waals surface area contributed by atoms with Crippen molar-refractivity contribution in [1.29, 1.82) is 0 Å². The van der Waals surface area contributed by atoms with Gasteiger partial charge < -0.3 is 10.2 Å². The lowest BCUT2D eigenvalue weighted by Crippen LogP contribution is -2.59. The molecular formula is C13H25N3O. The normalized spacial score (nSPS) is 30.3. The average molecular weight is 239 g/mol. The van der Waals surface area contributed by atoms with E-state index >= 15 is 0 Å². The quantitative estimate of drug-likeness (QED) is 0.725. The van der Waals surface area contributed by atoms with Crippen LogP contribution < -0.4 is 5.32 Å². The van der Waals surface area contributed by atoms with E-state index in [2.05, 4.69) is 24.1 Å². The van der Waals surface area contributed by atoms with Crippen molar-refractivity contribution >= 4 is 5.91 Å². The maximum Gasteiger partial charge on any atom is 0.219 e. The predicted octanol–water partition coefficient (Wildman–Crippen LogP) is 0.539. The van der Waals surface area contributed by atoms with Crippen LogP contribution in [0, 0.1) is 5.41 Å². The molecule has 2 aliphatic rings. The molecule has 0 saturated carbocycles. The third-order valence-corrected chi connectivity index (χ3v) is 4.21. The third-order valence-electron chi connectivity index (χ3n) is 4.21. The lowest BCUT2D eigenvalue weighted by Gasteiger charge is -2.49. The molecule has 0 aliphatic carbocycles. The van der Waals surface area contributed by atoms with Crippen molar-refractivity contribution < 1.29 is 4.79 Å². The smallest absolute Gasteiger partial charge is 0.219 e. The molecule has 2 saturated heterocycles. The van der Waals surface area contributed by atoms with Gasteiger partial charge in [0.05, 0.1) is 0 Å². The van der Waals surface area contributed by atoms with E-state index in [9.17, 15) is 4.79 Å². The zero-order valence-electron chi connectivity index (χ0n) is 11.3. The minimum atomic E-state index is 0.210. The van der Waals surface area contributed by atoms with Gasteiger partial charge in [-0.25, -0.2) is 0 Å². The minimum absolute atomic E-state index is 0.210. The van der Waals surface area contributed by atoms with Gasteiger partial charge in [0.2, 0.25) is 5.91 Å². The monoisotopic (exact) mass is 239 g/mol. The van der Waals surface area contributed by atoms with Gasteiger partial charge in [-0.3, -0.25) is 9.69 Å². The Kier molecular flexibility index (Phi) is 3.73. The molecule has 1 unspecified atom stereocenters. The molecule has 0 spiro atoms. The van der Waals surface area contributed by atoms with Crippen molar-refractivity contribution in [2.24, 2.45) is 5.41 Å². The second-order valence-corrected chi connectivity index (χ2v) is 6.02. The number of nitrogens with one attached hydrogen (secondary N) is 1. The van der Waals surface area contributed by atoms with Crippen LogP contribution in [0.25, 0.3) is 0 Å². The summed E-state index contributed by atoms with van der Waals surface area (Å²) >= 11 is 0. The van der Waals surface area contributed by atoms with Crippen LogP contribution in [0.3, 0.4) is 0 Å². The first-order chi connectivity index (χ1) is 8.00. The molecule has 98 valence electrons. The fourth-order valence-electron chi connectivity index (χ4n) is 3.28. The summed E-state index contributed by atoms with van der Waals surface area (Å²) < 4.78 is 0. The topological polar surface area (TPSA) is 35.6 Å². The Morgan fingerprint density at radius 1 is 1.24 bits per heavy atom. The van der Waals surface area contributed by atoms with Gasteiger partial charge in [0, 0.05) is 52.2 Å². The van der Waals surface area contributed by atoms with Crippen LogP contribution in [-0.2, 0) is 4.79 Å². The van der Waals surface area contributed by atoms with Crippen molar-refractivity contribution in [1.82, 2.24) is 15.1 Å². The third kappa shape index (κ3) is 2.80. The highest BCUT2D eigenvalue weighted by atomic mass is 16.2. The van der Waals surface area contributed by atoms with Crippen LogP contribution in [-0.4, -0.2) is 61.0 Å².